The molecule has 0 bridgehead atoms. The third kappa shape index (κ3) is 2.06. The Morgan fingerprint density at radius 3 is 3.17 bits per heavy atom. The van der Waals surface area contributed by atoms with Gasteiger partial charge in [0.15, 0.2) is 5.65 Å². The summed E-state index contributed by atoms with van der Waals surface area (Å²) in [5, 5.41) is 7.89. The number of anilines is 1. The molecule has 1 aliphatic heterocycles. The van der Waals surface area contributed by atoms with Crippen molar-refractivity contribution < 1.29 is 0 Å². The number of aromatic nitrogens is 3. The van der Waals surface area contributed by atoms with Crippen LogP contribution < -0.4 is 10.2 Å². The van der Waals surface area contributed by atoms with Crippen LogP contribution in [0.15, 0.2) is 18.3 Å². The molecule has 2 aromatic heterocycles. The zero-order chi connectivity index (χ0) is 12.5. The van der Waals surface area contributed by atoms with Gasteiger partial charge in [0.2, 0.25) is 5.95 Å². The summed E-state index contributed by atoms with van der Waals surface area (Å²) in [5.74, 6) is 0.848. The number of hydrogen-bond donors (Lipinski definition) is 1. The molecule has 0 radical (unpaired) electrons. The Bertz CT molecular complexity index is 547. The summed E-state index contributed by atoms with van der Waals surface area (Å²) in [7, 11) is 2.02. The normalized spacial score (nSPS) is 20.6. The molecule has 1 aliphatic rings. The minimum Gasteiger partial charge on any atom is -0.338 e. The van der Waals surface area contributed by atoms with E-state index < -0.39 is 0 Å². The van der Waals surface area contributed by atoms with E-state index in [0.29, 0.717) is 6.04 Å². The number of aryl methyl sites for hydroxylation is 1. The van der Waals surface area contributed by atoms with Gasteiger partial charge in [-0.3, -0.25) is 0 Å². The number of fused-ring (bicyclic) bond motifs is 1. The number of piperidine rings is 1. The SMILES string of the molecule is CNC1CCCN(c2nc3cc(C)ccn3n2)C1. The molecule has 5 nitrogen and oxygen atoms in total. The molecule has 0 aliphatic carbocycles. The van der Waals surface area contributed by atoms with Gasteiger partial charge in [-0.25, -0.2) is 4.52 Å². The maximum absolute atomic E-state index is 4.62. The van der Waals surface area contributed by atoms with E-state index in [0.717, 1.165) is 24.7 Å². The van der Waals surface area contributed by atoms with Gasteiger partial charge >= 0.3 is 0 Å². The van der Waals surface area contributed by atoms with Crippen molar-refractivity contribution in [3.8, 4) is 0 Å². The lowest BCUT2D eigenvalue weighted by Gasteiger charge is -2.31. The highest BCUT2D eigenvalue weighted by Gasteiger charge is 2.21. The zero-order valence-electron chi connectivity index (χ0n) is 10.9. The van der Waals surface area contributed by atoms with Crippen molar-refractivity contribution in [2.45, 2.75) is 25.8 Å². The third-order valence-electron chi connectivity index (χ3n) is 3.59. The Kier molecular flexibility index (Phi) is 2.91. The summed E-state index contributed by atoms with van der Waals surface area (Å²) in [4.78, 5) is 6.89. The second-order valence-corrected chi connectivity index (χ2v) is 4.99. The van der Waals surface area contributed by atoms with Crippen molar-refractivity contribution in [3.05, 3.63) is 23.9 Å². The predicted octanol–water partition coefficient (Wildman–Crippen LogP) is 1.23. The van der Waals surface area contributed by atoms with Gasteiger partial charge in [0, 0.05) is 25.3 Å². The molecule has 0 amide bonds. The minimum absolute atomic E-state index is 0.548. The molecule has 3 heterocycles. The van der Waals surface area contributed by atoms with Crippen LogP contribution in [0, 0.1) is 6.92 Å². The van der Waals surface area contributed by atoms with E-state index in [1.807, 2.05) is 17.8 Å². The summed E-state index contributed by atoms with van der Waals surface area (Å²) in [6.07, 6.45) is 4.40. The average molecular weight is 245 g/mol. The number of nitrogens with one attached hydrogen (secondary N) is 1. The van der Waals surface area contributed by atoms with E-state index in [1.165, 1.54) is 18.4 Å². The van der Waals surface area contributed by atoms with E-state index in [1.54, 1.807) is 0 Å². The van der Waals surface area contributed by atoms with Gasteiger partial charge in [-0.15, -0.1) is 5.10 Å². The van der Waals surface area contributed by atoms with Gasteiger partial charge in [-0.2, -0.15) is 4.98 Å². The Labute approximate surface area is 107 Å². The number of rotatable bonds is 2. The standard InChI is InChI=1S/C13H19N5/c1-10-5-7-18-12(8-10)15-13(16-18)17-6-3-4-11(9-17)14-2/h5,7-8,11,14H,3-4,6,9H2,1-2H3. The van der Waals surface area contributed by atoms with Crippen LogP contribution in [0.5, 0.6) is 0 Å². The van der Waals surface area contributed by atoms with Crippen LogP contribution in [0.25, 0.3) is 5.65 Å². The first-order chi connectivity index (χ1) is 8.76. The number of nitrogens with zero attached hydrogens (tertiary/aromatic N) is 4. The van der Waals surface area contributed by atoms with Gasteiger partial charge in [-0.1, -0.05) is 0 Å². The zero-order valence-corrected chi connectivity index (χ0v) is 10.9. The van der Waals surface area contributed by atoms with Crippen molar-refractivity contribution in [1.29, 1.82) is 0 Å². The summed E-state index contributed by atoms with van der Waals surface area (Å²) >= 11 is 0. The molecule has 5 heteroatoms. The molecule has 2 aromatic rings. The molecule has 0 spiro atoms. The van der Waals surface area contributed by atoms with Gasteiger partial charge in [0.1, 0.15) is 0 Å². The molecule has 1 atom stereocenters. The third-order valence-corrected chi connectivity index (χ3v) is 3.59. The first-order valence-electron chi connectivity index (χ1n) is 6.51. The number of hydrogen-bond acceptors (Lipinski definition) is 4. The largest absolute Gasteiger partial charge is 0.338 e. The highest BCUT2D eigenvalue weighted by atomic mass is 15.4. The molecule has 1 saturated heterocycles. The Morgan fingerprint density at radius 1 is 1.44 bits per heavy atom. The molecule has 96 valence electrons. The lowest BCUT2D eigenvalue weighted by Crippen LogP contribution is -2.44. The Balaban J connectivity index is 1.89. The van der Waals surface area contributed by atoms with Crippen LogP contribution in [0.1, 0.15) is 18.4 Å². The van der Waals surface area contributed by atoms with E-state index in [2.05, 4.69) is 39.4 Å². The number of pyridine rings is 1. The monoisotopic (exact) mass is 245 g/mol. The lowest BCUT2D eigenvalue weighted by molar-refractivity contribution is 0.445. The summed E-state index contributed by atoms with van der Waals surface area (Å²) in [6, 6.07) is 4.67. The Morgan fingerprint density at radius 2 is 2.33 bits per heavy atom. The minimum atomic E-state index is 0.548. The molecule has 18 heavy (non-hydrogen) atoms. The van der Waals surface area contributed by atoms with Crippen LogP contribution in [0.3, 0.4) is 0 Å². The van der Waals surface area contributed by atoms with Crippen LogP contribution in [0.2, 0.25) is 0 Å². The van der Waals surface area contributed by atoms with Gasteiger partial charge in [0.25, 0.3) is 0 Å². The van der Waals surface area contributed by atoms with Crippen molar-refractivity contribution in [1.82, 2.24) is 19.9 Å². The van der Waals surface area contributed by atoms with Crippen LogP contribution in [-0.4, -0.2) is 40.8 Å². The first-order valence-corrected chi connectivity index (χ1v) is 6.51. The highest BCUT2D eigenvalue weighted by Crippen LogP contribution is 2.17. The molecule has 0 aromatic carbocycles. The fraction of sp³-hybridized carbons (Fsp3) is 0.538. The molecule has 0 saturated carbocycles. The fourth-order valence-corrected chi connectivity index (χ4v) is 2.50. The second kappa shape index (κ2) is 4.57. The van der Waals surface area contributed by atoms with Gasteiger partial charge < -0.3 is 10.2 Å². The van der Waals surface area contributed by atoms with Gasteiger partial charge in [0.05, 0.1) is 0 Å². The van der Waals surface area contributed by atoms with Crippen LogP contribution in [0.4, 0.5) is 5.95 Å². The highest BCUT2D eigenvalue weighted by molar-refractivity contribution is 5.46. The van der Waals surface area contributed by atoms with Crippen LogP contribution >= 0.6 is 0 Å². The predicted molar refractivity (Wildman–Crippen MR) is 72.0 cm³/mol. The van der Waals surface area contributed by atoms with E-state index >= 15 is 0 Å². The number of likely N-dealkylation sites (N-methyl/N-ethyl adjacent to an activating group) is 1. The molecule has 3 rings (SSSR count). The average Bonchev–Trinajstić information content (AvgIpc) is 2.81. The lowest BCUT2D eigenvalue weighted by atomic mass is 10.1. The molecule has 1 fully saturated rings. The van der Waals surface area contributed by atoms with Crippen LogP contribution in [-0.2, 0) is 0 Å². The van der Waals surface area contributed by atoms with E-state index in [-0.39, 0.29) is 0 Å². The molecular formula is C13H19N5. The fourth-order valence-electron chi connectivity index (χ4n) is 2.50. The molecule has 1 unspecified atom stereocenters. The quantitative estimate of drug-likeness (QED) is 0.864. The smallest absolute Gasteiger partial charge is 0.245 e. The topological polar surface area (TPSA) is 45.5 Å². The van der Waals surface area contributed by atoms with E-state index in [9.17, 15) is 0 Å². The van der Waals surface area contributed by atoms with Crippen molar-refractivity contribution >= 4 is 11.6 Å². The maximum atomic E-state index is 4.62. The molecular weight excluding hydrogens is 226 g/mol. The summed E-state index contributed by atoms with van der Waals surface area (Å²) in [5.41, 5.74) is 2.14. The summed E-state index contributed by atoms with van der Waals surface area (Å²) < 4.78 is 1.85. The van der Waals surface area contributed by atoms with Crippen molar-refractivity contribution in [3.63, 3.8) is 0 Å². The van der Waals surface area contributed by atoms with E-state index in [4.69, 9.17) is 0 Å². The van der Waals surface area contributed by atoms with Gasteiger partial charge in [-0.05, 0) is 44.5 Å². The summed E-state index contributed by atoms with van der Waals surface area (Å²) in [6.45, 7) is 4.12. The Hall–Kier alpha value is -1.62. The molecule has 1 N–H and O–H groups in total. The van der Waals surface area contributed by atoms with Crippen molar-refractivity contribution in [2.24, 2.45) is 0 Å². The second-order valence-electron chi connectivity index (χ2n) is 4.99. The maximum Gasteiger partial charge on any atom is 0.245 e. The first kappa shape index (κ1) is 11.5. The van der Waals surface area contributed by atoms with Crippen molar-refractivity contribution in [2.75, 3.05) is 25.0 Å².